The summed E-state index contributed by atoms with van der Waals surface area (Å²) in [5.74, 6) is -0.286. The number of amides is 2. The van der Waals surface area contributed by atoms with E-state index in [0.717, 1.165) is 16.7 Å². The van der Waals surface area contributed by atoms with Crippen LogP contribution < -0.4 is 0 Å². The van der Waals surface area contributed by atoms with Crippen LogP contribution in [-0.2, 0) is 16.1 Å². The lowest BCUT2D eigenvalue weighted by Crippen LogP contribution is -2.56. The molecular formula is C28H30N2O3. The molecule has 2 amide bonds. The topological polar surface area (TPSA) is 49.9 Å². The van der Waals surface area contributed by atoms with Crippen LogP contribution in [0.4, 0.5) is 4.79 Å². The number of benzene rings is 3. The van der Waals surface area contributed by atoms with Gasteiger partial charge in [-0.3, -0.25) is 9.69 Å². The Labute approximate surface area is 195 Å². The third-order valence-electron chi connectivity index (χ3n) is 6.39. The molecule has 1 saturated heterocycles. The molecule has 1 aliphatic heterocycles. The summed E-state index contributed by atoms with van der Waals surface area (Å²) in [6.45, 7) is 4.38. The van der Waals surface area contributed by atoms with Crippen molar-refractivity contribution in [3.8, 4) is 0 Å². The lowest BCUT2D eigenvalue weighted by atomic mass is 9.86. The zero-order chi connectivity index (χ0) is 23.2. The van der Waals surface area contributed by atoms with Crippen LogP contribution in [-0.4, -0.2) is 28.5 Å². The van der Waals surface area contributed by atoms with E-state index < -0.39 is 6.09 Å². The van der Waals surface area contributed by atoms with E-state index >= 15 is 0 Å². The number of hydrogen-bond acceptors (Lipinski definition) is 3. The molecular weight excluding hydrogens is 412 g/mol. The monoisotopic (exact) mass is 442 g/mol. The maximum atomic E-state index is 13.6. The van der Waals surface area contributed by atoms with Crippen molar-refractivity contribution in [3.05, 3.63) is 108 Å². The molecule has 4 rings (SSSR count). The number of rotatable bonds is 6. The second-order valence-corrected chi connectivity index (χ2v) is 8.42. The highest BCUT2D eigenvalue weighted by Gasteiger charge is 2.45. The van der Waals surface area contributed by atoms with Crippen molar-refractivity contribution in [2.24, 2.45) is 5.92 Å². The van der Waals surface area contributed by atoms with E-state index in [4.69, 9.17) is 4.74 Å². The zero-order valence-electron chi connectivity index (χ0n) is 19.1. The van der Waals surface area contributed by atoms with Crippen LogP contribution in [0.3, 0.4) is 0 Å². The predicted octanol–water partition coefficient (Wildman–Crippen LogP) is 5.95. The van der Waals surface area contributed by atoms with Gasteiger partial charge in [0, 0.05) is 0 Å². The number of hydrogen-bond donors (Lipinski definition) is 0. The first-order valence-electron chi connectivity index (χ1n) is 11.5. The Morgan fingerprint density at radius 2 is 1.52 bits per heavy atom. The van der Waals surface area contributed by atoms with Gasteiger partial charge in [0.15, 0.2) is 0 Å². The Morgan fingerprint density at radius 3 is 2.12 bits per heavy atom. The second kappa shape index (κ2) is 10.3. The Kier molecular flexibility index (Phi) is 7.08. The smallest absolute Gasteiger partial charge is 0.412 e. The predicted molar refractivity (Wildman–Crippen MR) is 128 cm³/mol. The van der Waals surface area contributed by atoms with Crippen molar-refractivity contribution in [3.63, 3.8) is 0 Å². The molecule has 5 heteroatoms. The van der Waals surface area contributed by atoms with E-state index in [-0.39, 0.29) is 37.2 Å². The summed E-state index contributed by atoms with van der Waals surface area (Å²) in [4.78, 5) is 30.6. The maximum absolute atomic E-state index is 13.6. The molecule has 1 aliphatic rings. The first-order chi connectivity index (χ1) is 16.1. The standard InChI is InChI=1S/C28H30N2O3/c1-3-25-26(24-17-11-6-12-18-24)30(28(32)33-19-22-13-7-4-8-14-22)20-29(27(25)31)21(2)23-15-9-5-10-16-23/h4-18,21,25-26H,3,19-20H2,1-2H3/t21-,25+,26+/m0/s1. The molecule has 1 fully saturated rings. The molecule has 5 nitrogen and oxygen atoms in total. The molecule has 0 N–H and O–H groups in total. The van der Waals surface area contributed by atoms with Gasteiger partial charge in [0.1, 0.15) is 13.3 Å². The van der Waals surface area contributed by atoms with Crippen LogP contribution in [0, 0.1) is 5.92 Å². The SMILES string of the molecule is CC[C@H]1C(=O)N([C@@H](C)c2ccccc2)CN(C(=O)OCc2ccccc2)[C@@H]1c1ccccc1. The molecule has 0 bridgehead atoms. The van der Waals surface area contributed by atoms with Gasteiger partial charge in [-0.25, -0.2) is 4.79 Å². The molecule has 3 aromatic carbocycles. The molecule has 3 atom stereocenters. The van der Waals surface area contributed by atoms with Crippen LogP contribution in [0.2, 0.25) is 0 Å². The van der Waals surface area contributed by atoms with Gasteiger partial charge in [-0.2, -0.15) is 0 Å². The molecule has 1 heterocycles. The van der Waals surface area contributed by atoms with Crippen molar-refractivity contribution < 1.29 is 14.3 Å². The van der Waals surface area contributed by atoms with Crippen molar-refractivity contribution in [2.45, 2.75) is 39.0 Å². The van der Waals surface area contributed by atoms with Gasteiger partial charge < -0.3 is 9.64 Å². The van der Waals surface area contributed by atoms with E-state index in [9.17, 15) is 9.59 Å². The Bertz CT molecular complexity index is 1050. The Hall–Kier alpha value is -3.60. The van der Waals surface area contributed by atoms with Crippen LogP contribution in [0.1, 0.15) is 49.0 Å². The number of carbonyl (C=O) groups is 2. The first kappa shape index (κ1) is 22.6. The van der Waals surface area contributed by atoms with Crippen molar-refractivity contribution >= 4 is 12.0 Å². The fourth-order valence-corrected chi connectivity index (χ4v) is 4.55. The number of nitrogens with zero attached hydrogens (tertiary/aromatic N) is 2. The van der Waals surface area contributed by atoms with E-state index in [0.29, 0.717) is 6.42 Å². The van der Waals surface area contributed by atoms with E-state index in [1.165, 1.54) is 0 Å². The Morgan fingerprint density at radius 1 is 0.939 bits per heavy atom. The average molecular weight is 443 g/mol. The van der Waals surface area contributed by atoms with E-state index in [2.05, 4.69) is 0 Å². The van der Waals surface area contributed by atoms with Gasteiger partial charge >= 0.3 is 6.09 Å². The van der Waals surface area contributed by atoms with Crippen LogP contribution in [0.25, 0.3) is 0 Å². The van der Waals surface area contributed by atoms with Crippen LogP contribution >= 0.6 is 0 Å². The lowest BCUT2D eigenvalue weighted by molar-refractivity contribution is -0.150. The van der Waals surface area contributed by atoms with Crippen molar-refractivity contribution in [1.29, 1.82) is 0 Å². The summed E-state index contributed by atoms with van der Waals surface area (Å²) < 4.78 is 5.73. The second-order valence-electron chi connectivity index (χ2n) is 8.42. The average Bonchev–Trinajstić information content (AvgIpc) is 2.88. The summed E-state index contributed by atoms with van der Waals surface area (Å²) in [6.07, 6.45) is 0.211. The largest absolute Gasteiger partial charge is 0.444 e. The van der Waals surface area contributed by atoms with Gasteiger partial charge in [-0.05, 0) is 30.0 Å². The van der Waals surface area contributed by atoms with Crippen LogP contribution in [0.15, 0.2) is 91.0 Å². The minimum Gasteiger partial charge on any atom is -0.444 e. The normalized spacial score (nSPS) is 19.3. The molecule has 3 aromatic rings. The zero-order valence-corrected chi connectivity index (χ0v) is 19.1. The molecule has 170 valence electrons. The fourth-order valence-electron chi connectivity index (χ4n) is 4.55. The summed E-state index contributed by atoms with van der Waals surface area (Å²) in [6, 6.07) is 28.8. The lowest BCUT2D eigenvalue weighted by Gasteiger charge is -2.47. The van der Waals surface area contributed by atoms with E-state index in [1.54, 1.807) is 9.80 Å². The summed E-state index contributed by atoms with van der Waals surface area (Å²) in [5.41, 5.74) is 2.91. The molecule has 0 aromatic heterocycles. The molecule has 0 aliphatic carbocycles. The quantitative estimate of drug-likeness (QED) is 0.474. The third kappa shape index (κ3) is 4.92. The minimum atomic E-state index is -0.413. The van der Waals surface area contributed by atoms with Gasteiger partial charge in [0.2, 0.25) is 5.91 Å². The van der Waals surface area contributed by atoms with Gasteiger partial charge in [0.05, 0.1) is 18.0 Å². The Balaban J connectivity index is 1.65. The molecule has 0 saturated carbocycles. The summed E-state index contributed by atoms with van der Waals surface area (Å²) in [5, 5.41) is 0. The van der Waals surface area contributed by atoms with Crippen molar-refractivity contribution in [2.75, 3.05) is 6.67 Å². The molecule has 0 unspecified atom stereocenters. The summed E-state index contributed by atoms with van der Waals surface area (Å²) in [7, 11) is 0. The number of carbonyl (C=O) groups excluding carboxylic acids is 2. The maximum Gasteiger partial charge on any atom is 0.412 e. The minimum absolute atomic E-state index is 0.0646. The molecule has 0 spiro atoms. The molecule has 0 radical (unpaired) electrons. The molecule has 33 heavy (non-hydrogen) atoms. The fraction of sp³-hybridized carbons (Fsp3) is 0.286. The van der Waals surface area contributed by atoms with Gasteiger partial charge in [-0.15, -0.1) is 0 Å². The highest BCUT2D eigenvalue weighted by Crippen LogP contribution is 2.39. The third-order valence-corrected chi connectivity index (χ3v) is 6.39. The van der Waals surface area contributed by atoms with Crippen molar-refractivity contribution in [1.82, 2.24) is 9.80 Å². The highest BCUT2D eigenvalue weighted by atomic mass is 16.6. The van der Waals surface area contributed by atoms with Gasteiger partial charge in [-0.1, -0.05) is 97.9 Å². The van der Waals surface area contributed by atoms with Crippen LogP contribution in [0.5, 0.6) is 0 Å². The first-order valence-corrected chi connectivity index (χ1v) is 11.5. The summed E-state index contributed by atoms with van der Waals surface area (Å²) >= 11 is 0. The van der Waals surface area contributed by atoms with E-state index in [1.807, 2.05) is 105 Å². The highest BCUT2D eigenvalue weighted by molar-refractivity contribution is 5.83. The van der Waals surface area contributed by atoms with Gasteiger partial charge in [0.25, 0.3) is 0 Å². The number of ether oxygens (including phenoxy) is 1.